The molecule has 0 amide bonds. The minimum Gasteiger partial charge on any atom is -0.313 e. The lowest BCUT2D eigenvalue weighted by Gasteiger charge is -2.19. The third-order valence-electron chi connectivity index (χ3n) is 9.77. The summed E-state index contributed by atoms with van der Waals surface area (Å²) >= 11 is 0. The first-order chi connectivity index (χ1) is 23.3. The largest absolute Gasteiger partial charge is 0.313 e. The first kappa shape index (κ1) is 29.8. The van der Waals surface area contributed by atoms with E-state index in [4.69, 9.17) is 0 Å². The van der Waals surface area contributed by atoms with Crippen LogP contribution in [0.25, 0.3) is 77.2 Å². The van der Waals surface area contributed by atoms with Crippen LogP contribution in [0.15, 0.2) is 152 Å². The van der Waals surface area contributed by atoms with Gasteiger partial charge in [-0.15, -0.1) is 0 Å². The Morgan fingerprint density at radius 3 is 1.88 bits per heavy atom. The van der Waals surface area contributed by atoms with Gasteiger partial charge in [-0.1, -0.05) is 124 Å². The lowest BCUT2D eigenvalue weighted by molar-refractivity contribution is 0.590. The average molecular weight is 621 g/mol. The summed E-state index contributed by atoms with van der Waals surface area (Å²) in [6.07, 6.45) is 6.38. The lowest BCUT2D eigenvalue weighted by Crippen LogP contribution is -2.10. The molecule has 2 aromatic heterocycles. The van der Waals surface area contributed by atoms with Crippen LogP contribution in [0.1, 0.15) is 40.2 Å². The molecule has 0 aliphatic carbocycles. The predicted octanol–water partition coefficient (Wildman–Crippen LogP) is 13.0. The number of fused-ring (bicyclic) bond motifs is 6. The Bertz CT molecular complexity index is 2530. The van der Waals surface area contributed by atoms with Crippen molar-refractivity contribution in [3.05, 3.63) is 157 Å². The zero-order chi connectivity index (χ0) is 33.0. The molecule has 48 heavy (non-hydrogen) atoms. The molecule has 8 aromatic rings. The summed E-state index contributed by atoms with van der Waals surface area (Å²) in [5.41, 5.74) is 13.7. The molecule has 2 nitrogen and oxygen atoms in total. The zero-order valence-electron chi connectivity index (χ0n) is 28.3. The Labute approximate surface area is 282 Å². The molecule has 8 rings (SSSR count). The van der Waals surface area contributed by atoms with Gasteiger partial charge < -0.3 is 9.13 Å². The summed E-state index contributed by atoms with van der Waals surface area (Å²) in [7, 11) is 0. The number of rotatable bonds is 5. The number of hydrogen-bond acceptors (Lipinski definition) is 0. The Morgan fingerprint density at radius 2 is 1.17 bits per heavy atom. The van der Waals surface area contributed by atoms with Gasteiger partial charge in [0.2, 0.25) is 0 Å². The highest BCUT2D eigenvalue weighted by Crippen LogP contribution is 2.41. The molecule has 2 heteroatoms. The predicted molar refractivity (Wildman–Crippen MR) is 208 cm³/mol. The number of benzene rings is 6. The van der Waals surface area contributed by atoms with E-state index >= 15 is 0 Å². The Kier molecular flexibility index (Phi) is 7.18. The summed E-state index contributed by atoms with van der Waals surface area (Å²) in [5, 5.41) is 5.08. The molecule has 0 N–H and O–H groups in total. The van der Waals surface area contributed by atoms with Gasteiger partial charge in [-0.05, 0) is 95.6 Å². The van der Waals surface area contributed by atoms with Gasteiger partial charge in [-0.25, -0.2) is 0 Å². The van der Waals surface area contributed by atoms with E-state index in [1.807, 2.05) is 0 Å². The van der Waals surface area contributed by atoms with Gasteiger partial charge >= 0.3 is 0 Å². The zero-order valence-corrected chi connectivity index (χ0v) is 28.3. The van der Waals surface area contributed by atoms with E-state index in [1.54, 1.807) is 0 Å². The molecular formula is C46H40N2. The molecule has 0 atom stereocenters. The number of para-hydroxylation sites is 2. The Morgan fingerprint density at radius 1 is 0.562 bits per heavy atom. The van der Waals surface area contributed by atoms with E-state index in [9.17, 15) is 0 Å². The van der Waals surface area contributed by atoms with Gasteiger partial charge in [-0.2, -0.15) is 0 Å². The molecule has 234 valence electrons. The van der Waals surface area contributed by atoms with Crippen molar-refractivity contribution >= 4 is 49.3 Å². The fourth-order valence-electron chi connectivity index (χ4n) is 7.33. The van der Waals surface area contributed by atoms with Gasteiger partial charge in [0.15, 0.2) is 0 Å². The van der Waals surface area contributed by atoms with Crippen molar-refractivity contribution < 1.29 is 0 Å². The van der Waals surface area contributed by atoms with Crippen LogP contribution >= 0.6 is 0 Å². The van der Waals surface area contributed by atoms with Gasteiger partial charge in [0.1, 0.15) is 0 Å². The van der Waals surface area contributed by atoms with Crippen molar-refractivity contribution in [2.45, 2.75) is 40.0 Å². The molecule has 0 saturated heterocycles. The maximum atomic E-state index is 2.41. The van der Waals surface area contributed by atoms with Crippen molar-refractivity contribution in [2.24, 2.45) is 0 Å². The van der Waals surface area contributed by atoms with Crippen LogP contribution in [0, 0.1) is 0 Å². The number of hydrogen-bond donors (Lipinski definition) is 0. The molecule has 0 radical (unpaired) electrons. The average Bonchev–Trinajstić information content (AvgIpc) is 3.63. The molecule has 6 aromatic carbocycles. The van der Waals surface area contributed by atoms with Crippen molar-refractivity contribution in [1.82, 2.24) is 9.13 Å². The molecule has 0 fully saturated rings. The molecule has 0 saturated carbocycles. The standard InChI is InChI=1S/C46H40N2/c1-6-7-13-31(2)47-42-18-11-9-15-39(42)45-37(16-12-19-44(45)47)34-24-29-43-40(30-34)38-14-8-10-17-41(38)48(43)36-27-22-33(23-28-36)32-20-25-35(26-21-32)46(3,4)5/h6-30H,1-5H3/b7-6-,31-13+. The highest BCUT2D eigenvalue weighted by molar-refractivity contribution is 6.17. The summed E-state index contributed by atoms with van der Waals surface area (Å²) in [6, 6.07) is 49.3. The topological polar surface area (TPSA) is 9.86 Å². The number of aromatic nitrogens is 2. The minimum atomic E-state index is 0.145. The van der Waals surface area contributed by atoms with Crippen LogP contribution in [0.4, 0.5) is 0 Å². The smallest absolute Gasteiger partial charge is 0.0543 e. The fraction of sp³-hybridized carbons (Fsp3) is 0.130. The highest BCUT2D eigenvalue weighted by atomic mass is 15.0. The summed E-state index contributed by atoms with van der Waals surface area (Å²) < 4.78 is 4.80. The first-order valence-corrected chi connectivity index (χ1v) is 16.9. The quantitative estimate of drug-likeness (QED) is 0.169. The third-order valence-corrected chi connectivity index (χ3v) is 9.77. The Hall–Kier alpha value is -5.60. The number of nitrogens with zero attached hydrogens (tertiary/aromatic N) is 2. The van der Waals surface area contributed by atoms with Crippen LogP contribution in [0.2, 0.25) is 0 Å². The van der Waals surface area contributed by atoms with Crippen LogP contribution in [0.3, 0.4) is 0 Å². The van der Waals surface area contributed by atoms with Crippen molar-refractivity contribution in [2.75, 3.05) is 0 Å². The molecule has 0 bridgehead atoms. The van der Waals surface area contributed by atoms with E-state index in [2.05, 4.69) is 195 Å². The molecule has 0 aliphatic heterocycles. The van der Waals surface area contributed by atoms with Gasteiger partial charge in [0, 0.05) is 32.9 Å². The molecular weight excluding hydrogens is 581 g/mol. The SMILES string of the molecule is C/C=C\C=C(/C)n1c2ccccc2c2c(-c3ccc4c(c3)c3ccccc3n4-c3ccc(-c4ccc(C(C)(C)C)cc4)cc3)cccc21. The van der Waals surface area contributed by atoms with E-state index in [0.29, 0.717) is 0 Å². The summed E-state index contributed by atoms with van der Waals surface area (Å²) in [6.45, 7) is 11.0. The normalized spacial score (nSPS) is 12.7. The fourth-order valence-corrected chi connectivity index (χ4v) is 7.33. The summed E-state index contributed by atoms with van der Waals surface area (Å²) in [5.74, 6) is 0. The van der Waals surface area contributed by atoms with Gasteiger partial charge in [-0.3, -0.25) is 0 Å². The second-order valence-corrected chi connectivity index (χ2v) is 13.8. The van der Waals surface area contributed by atoms with E-state index in [-0.39, 0.29) is 5.41 Å². The number of allylic oxidation sites excluding steroid dienone is 4. The van der Waals surface area contributed by atoms with E-state index in [1.165, 1.54) is 77.1 Å². The van der Waals surface area contributed by atoms with E-state index < -0.39 is 0 Å². The highest BCUT2D eigenvalue weighted by Gasteiger charge is 2.18. The van der Waals surface area contributed by atoms with Gasteiger partial charge in [0.05, 0.1) is 22.1 Å². The second kappa shape index (κ2) is 11.6. The van der Waals surface area contributed by atoms with Crippen molar-refractivity contribution in [3.8, 4) is 27.9 Å². The first-order valence-electron chi connectivity index (χ1n) is 16.9. The molecule has 0 aliphatic rings. The maximum Gasteiger partial charge on any atom is 0.0543 e. The van der Waals surface area contributed by atoms with Gasteiger partial charge in [0.25, 0.3) is 0 Å². The van der Waals surface area contributed by atoms with Crippen LogP contribution in [-0.2, 0) is 5.41 Å². The van der Waals surface area contributed by atoms with E-state index in [0.717, 1.165) is 5.69 Å². The third kappa shape index (κ3) is 4.88. The Balaban J connectivity index is 1.27. The van der Waals surface area contributed by atoms with Crippen molar-refractivity contribution in [1.29, 1.82) is 0 Å². The summed E-state index contributed by atoms with van der Waals surface area (Å²) in [4.78, 5) is 0. The molecule has 2 heterocycles. The molecule has 0 unspecified atom stereocenters. The maximum absolute atomic E-state index is 2.41. The molecule has 0 spiro atoms. The van der Waals surface area contributed by atoms with Crippen LogP contribution in [0.5, 0.6) is 0 Å². The second-order valence-electron chi connectivity index (χ2n) is 13.8. The lowest BCUT2D eigenvalue weighted by atomic mass is 9.86. The minimum absolute atomic E-state index is 0.145. The van der Waals surface area contributed by atoms with Crippen LogP contribution < -0.4 is 0 Å². The van der Waals surface area contributed by atoms with Crippen LogP contribution in [-0.4, -0.2) is 9.13 Å². The van der Waals surface area contributed by atoms with Crippen molar-refractivity contribution in [3.63, 3.8) is 0 Å². The monoisotopic (exact) mass is 620 g/mol.